The van der Waals surface area contributed by atoms with E-state index in [4.69, 9.17) is 0 Å². The molecule has 0 fully saturated rings. The molecular weight excluding hydrogens is 202 g/mol. The highest BCUT2D eigenvalue weighted by Gasteiger charge is 2.15. The zero-order valence-corrected chi connectivity index (χ0v) is 11.3. The maximum atomic E-state index is 11.5. The van der Waals surface area contributed by atoms with Gasteiger partial charge in [-0.25, -0.2) is 0 Å². The monoisotopic (exact) mass is 229 g/mol. The van der Waals surface area contributed by atoms with Crippen LogP contribution in [0.15, 0.2) is 0 Å². The van der Waals surface area contributed by atoms with Crippen molar-refractivity contribution in [2.75, 3.05) is 6.54 Å². The van der Waals surface area contributed by atoms with Gasteiger partial charge in [-0.1, -0.05) is 41.0 Å². The lowest BCUT2D eigenvalue weighted by Gasteiger charge is -2.19. The van der Waals surface area contributed by atoms with Crippen LogP contribution in [0.5, 0.6) is 0 Å². The Labute approximate surface area is 99.6 Å². The number of aliphatic hydroxyl groups excluding tert-OH is 1. The molecule has 0 aromatic carbocycles. The number of hydrogen-bond acceptors (Lipinski definition) is 2. The van der Waals surface area contributed by atoms with E-state index in [2.05, 4.69) is 26.1 Å². The summed E-state index contributed by atoms with van der Waals surface area (Å²) >= 11 is 0. The molecule has 0 aliphatic carbocycles. The standard InChI is InChI=1S/C13H27NO2/c1-6-10(2)11(15)9-14-12(16)7-8-13(3,4)5/h10-11,15H,6-9H2,1-5H3,(H,14,16). The van der Waals surface area contributed by atoms with Gasteiger partial charge in [-0.05, 0) is 17.8 Å². The summed E-state index contributed by atoms with van der Waals surface area (Å²) in [6, 6.07) is 0. The molecular formula is C13H27NO2. The van der Waals surface area contributed by atoms with Crippen molar-refractivity contribution in [2.24, 2.45) is 11.3 Å². The Bertz CT molecular complexity index is 208. The second-order valence-corrected chi connectivity index (χ2v) is 5.82. The molecule has 0 radical (unpaired) electrons. The van der Waals surface area contributed by atoms with Gasteiger partial charge >= 0.3 is 0 Å². The minimum atomic E-state index is -0.427. The first-order valence-electron chi connectivity index (χ1n) is 6.21. The summed E-state index contributed by atoms with van der Waals surface area (Å²) in [6.07, 6.45) is 1.91. The molecule has 0 aromatic heterocycles. The lowest BCUT2D eigenvalue weighted by atomic mass is 9.90. The summed E-state index contributed by atoms with van der Waals surface area (Å²) in [5.41, 5.74) is 0.187. The third-order valence-corrected chi connectivity index (χ3v) is 2.91. The third kappa shape index (κ3) is 7.69. The number of hydrogen-bond donors (Lipinski definition) is 2. The molecule has 0 spiro atoms. The van der Waals surface area contributed by atoms with Crippen LogP contribution in [0.4, 0.5) is 0 Å². The fourth-order valence-corrected chi connectivity index (χ4v) is 1.27. The molecule has 0 bridgehead atoms. The molecule has 3 nitrogen and oxygen atoms in total. The van der Waals surface area contributed by atoms with Crippen molar-refractivity contribution in [3.8, 4) is 0 Å². The van der Waals surface area contributed by atoms with E-state index in [-0.39, 0.29) is 17.2 Å². The Morgan fingerprint density at radius 3 is 2.38 bits per heavy atom. The number of carbonyl (C=O) groups excluding carboxylic acids is 1. The van der Waals surface area contributed by atoms with Gasteiger partial charge in [0.05, 0.1) is 6.10 Å². The molecule has 0 saturated carbocycles. The van der Waals surface area contributed by atoms with Crippen molar-refractivity contribution >= 4 is 5.91 Å². The lowest BCUT2D eigenvalue weighted by molar-refractivity contribution is -0.122. The molecule has 96 valence electrons. The number of carbonyl (C=O) groups is 1. The van der Waals surface area contributed by atoms with Crippen LogP contribution < -0.4 is 5.32 Å². The first-order valence-corrected chi connectivity index (χ1v) is 6.21. The van der Waals surface area contributed by atoms with Gasteiger partial charge in [0, 0.05) is 13.0 Å². The normalized spacial score (nSPS) is 15.6. The van der Waals surface area contributed by atoms with Gasteiger partial charge in [-0.3, -0.25) is 4.79 Å². The second kappa shape index (κ2) is 6.89. The van der Waals surface area contributed by atoms with Crippen LogP contribution in [-0.2, 0) is 4.79 Å². The van der Waals surface area contributed by atoms with E-state index in [1.165, 1.54) is 0 Å². The van der Waals surface area contributed by atoms with Gasteiger partial charge in [-0.15, -0.1) is 0 Å². The van der Waals surface area contributed by atoms with Gasteiger partial charge in [0.2, 0.25) is 5.91 Å². The number of aliphatic hydroxyl groups is 1. The summed E-state index contributed by atoms with van der Waals surface area (Å²) in [7, 11) is 0. The van der Waals surface area contributed by atoms with E-state index in [9.17, 15) is 9.90 Å². The van der Waals surface area contributed by atoms with Crippen molar-refractivity contribution in [2.45, 2.75) is 60.0 Å². The average molecular weight is 229 g/mol. The summed E-state index contributed by atoms with van der Waals surface area (Å²) < 4.78 is 0. The highest BCUT2D eigenvalue weighted by atomic mass is 16.3. The van der Waals surface area contributed by atoms with Crippen LogP contribution in [0, 0.1) is 11.3 Å². The summed E-state index contributed by atoms with van der Waals surface area (Å²) in [5.74, 6) is 0.278. The van der Waals surface area contributed by atoms with E-state index in [1.807, 2.05) is 13.8 Å². The molecule has 3 heteroatoms. The van der Waals surface area contributed by atoms with Crippen LogP contribution >= 0.6 is 0 Å². The fourth-order valence-electron chi connectivity index (χ4n) is 1.27. The molecule has 1 amide bonds. The summed E-state index contributed by atoms with van der Waals surface area (Å²) in [5, 5.41) is 12.5. The molecule has 0 rings (SSSR count). The highest BCUT2D eigenvalue weighted by molar-refractivity contribution is 5.75. The maximum absolute atomic E-state index is 11.5. The Balaban J connectivity index is 3.73. The number of amides is 1. The summed E-state index contributed by atoms with van der Waals surface area (Å²) in [6.45, 7) is 10.8. The van der Waals surface area contributed by atoms with Crippen molar-refractivity contribution in [1.29, 1.82) is 0 Å². The van der Waals surface area contributed by atoms with E-state index >= 15 is 0 Å². The predicted octanol–water partition coefficient (Wildman–Crippen LogP) is 2.34. The van der Waals surface area contributed by atoms with Crippen LogP contribution in [0.1, 0.15) is 53.9 Å². The van der Waals surface area contributed by atoms with E-state index in [0.717, 1.165) is 12.8 Å². The first-order chi connectivity index (χ1) is 7.26. The maximum Gasteiger partial charge on any atom is 0.220 e. The fraction of sp³-hybridized carbons (Fsp3) is 0.923. The van der Waals surface area contributed by atoms with Crippen LogP contribution in [0.2, 0.25) is 0 Å². The van der Waals surface area contributed by atoms with Crippen molar-refractivity contribution in [3.63, 3.8) is 0 Å². The van der Waals surface area contributed by atoms with Gasteiger partial charge in [0.25, 0.3) is 0 Å². The quantitative estimate of drug-likeness (QED) is 0.734. The van der Waals surface area contributed by atoms with Crippen molar-refractivity contribution < 1.29 is 9.90 Å². The number of rotatable bonds is 6. The Morgan fingerprint density at radius 1 is 1.38 bits per heavy atom. The van der Waals surface area contributed by atoms with Gasteiger partial charge in [0.15, 0.2) is 0 Å². The Hall–Kier alpha value is -0.570. The highest BCUT2D eigenvalue weighted by Crippen LogP contribution is 2.20. The molecule has 2 unspecified atom stereocenters. The first kappa shape index (κ1) is 15.4. The SMILES string of the molecule is CCC(C)C(O)CNC(=O)CCC(C)(C)C. The smallest absolute Gasteiger partial charge is 0.220 e. The minimum absolute atomic E-state index is 0.0391. The van der Waals surface area contributed by atoms with Crippen LogP contribution in [-0.4, -0.2) is 23.7 Å². The van der Waals surface area contributed by atoms with E-state index in [1.54, 1.807) is 0 Å². The number of nitrogens with one attached hydrogen (secondary N) is 1. The third-order valence-electron chi connectivity index (χ3n) is 2.91. The van der Waals surface area contributed by atoms with Gasteiger partial charge < -0.3 is 10.4 Å². The zero-order chi connectivity index (χ0) is 12.8. The molecule has 0 aliphatic heterocycles. The average Bonchev–Trinajstić information content (AvgIpc) is 2.20. The van der Waals surface area contributed by atoms with Gasteiger partial charge in [-0.2, -0.15) is 0 Å². The molecule has 2 N–H and O–H groups in total. The van der Waals surface area contributed by atoms with Crippen molar-refractivity contribution in [3.05, 3.63) is 0 Å². The largest absolute Gasteiger partial charge is 0.391 e. The minimum Gasteiger partial charge on any atom is -0.391 e. The van der Waals surface area contributed by atoms with Crippen LogP contribution in [0.3, 0.4) is 0 Å². The second-order valence-electron chi connectivity index (χ2n) is 5.82. The lowest BCUT2D eigenvalue weighted by Crippen LogP contribution is -2.35. The summed E-state index contributed by atoms with van der Waals surface area (Å²) in [4.78, 5) is 11.5. The topological polar surface area (TPSA) is 49.3 Å². The molecule has 0 saturated heterocycles. The Kier molecular flexibility index (Phi) is 6.65. The molecule has 0 heterocycles. The van der Waals surface area contributed by atoms with Gasteiger partial charge in [0.1, 0.15) is 0 Å². The molecule has 16 heavy (non-hydrogen) atoms. The molecule has 0 aromatic rings. The van der Waals surface area contributed by atoms with E-state index < -0.39 is 6.10 Å². The predicted molar refractivity (Wildman–Crippen MR) is 67.2 cm³/mol. The molecule has 0 aliphatic rings. The van der Waals surface area contributed by atoms with Crippen LogP contribution in [0.25, 0.3) is 0 Å². The Morgan fingerprint density at radius 2 is 1.94 bits per heavy atom. The van der Waals surface area contributed by atoms with Crippen molar-refractivity contribution in [1.82, 2.24) is 5.32 Å². The van der Waals surface area contributed by atoms with E-state index in [0.29, 0.717) is 13.0 Å². The molecule has 2 atom stereocenters. The zero-order valence-electron chi connectivity index (χ0n) is 11.3.